The van der Waals surface area contributed by atoms with Crippen molar-refractivity contribution in [2.75, 3.05) is 5.32 Å². The number of carbonyl (C=O) groups excluding carboxylic acids is 1. The average molecular weight is 301 g/mol. The maximum absolute atomic E-state index is 11.6. The van der Waals surface area contributed by atoms with Gasteiger partial charge in [-0.2, -0.15) is 0 Å². The number of ether oxygens (including phenoxy) is 1. The number of alkyl halides is 1. The Kier molecular flexibility index (Phi) is 4.51. The van der Waals surface area contributed by atoms with Crippen molar-refractivity contribution >= 4 is 27.8 Å². The summed E-state index contributed by atoms with van der Waals surface area (Å²) in [6, 6.07) is 1.97. The molecule has 4 nitrogen and oxygen atoms in total. The molecule has 1 amide bonds. The van der Waals surface area contributed by atoms with Crippen molar-refractivity contribution in [1.29, 1.82) is 0 Å². The van der Waals surface area contributed by atoms with Gasteiger partial charge in [-0.25, -0.2) is 9.78 Å². The van der Waals surface area contributed by atoms with Gasteiger partial charge < -0.3 is 4.74 Å². The molecule has 1 heterocycles. The zero-order chi connectivity index (χ0) is 13.1. The first-order valence-corrected chi connectivity index (χ1v) is 6.45. The van der Waals surface area contributed by atoms with Crippen LogP contribution < -0.4 is 5.32 Å². The predicted molar refractivity (Wildman–Crippen MR) is 71.5 cm³/mol. The van der Waals surface area contributed by atoms with Crippen molar-refractivity contribution in [2.24, 2.45) is 0 Å². The van der Waals surface area contributed by atoms with E-state index in [9.17, 15) is 4.79 Å². The van der Waals surface area contributed by atoms with Crippen LogP contribution in [0.1, 0.15) is 31.9 Å². The fourth-order valence-electron chi connectivity index (χ4n) is 1.24. The Morgan fingerprint density at radius 3 is 2.65 bits per heavy atom. The first kappa shape index (κ1) is 14.0. The van der Waals surface area contributed by atoms with E-state index in [4.69, 9.17) is 4.74 Å². The Morgan fingerprint density at radius 1 is 1.53 bits per heavy atom. The van der Waals surface area contributed by atoms with Gasteiger partial charge in [0.05, 0.1) is 0 Å². The highest BCUT2D eigenvalue weighted by Gasteiger charge is 2.17. The number of rotatable bonds is 2. The summed E-state index contributed by atoms with van der Waals surface area (Å²) in [5, 5.41) is 3.37. The van der Waals surface area contributed by atoms with Gasteiger partial charge in [0, 0.05) is 11.5 Å². The molecule has 0 bridgehead atoms. The fourth-order valence-corrected chi connectivity index (χ4v) is 1.54. The summed E-state index contributed by atoms with van der Waals surface area (Å²) in [7, 11) is 0. The number of anilines is 1. The van der Waals surface area contributed by atoms with Crippen molar-refractivity contribution in [3.05, 3.63) is 23.4 Å². The molecule has 1 rings (SSSR count). The largest absolute Gasteiger partial charge is 0.444 e. The molecular weight excluding hydrogens is 284 g/mol. The minimum absolute atomic E-state index is 0.486. The van der Waals surface area contributed by atoms with Crippen molar-refractivity contribution in [3.8, 4) is 0 Å². The van der Waals surface area contributed by atoms with Gasteiger partial charge in [-0.1, -0.05) is 22.0 Å². The highest BCUT2D eigenvalue weighted by Crippen LogP contribution is 2.16. The first-order chi connectivity index (χ1) is 7.81. The third kappa shape index (κ3) is 4.73. The lowest BCUT2D eigenvalue weighted by Crippen LogP contribution is -2.27. The second-order valence-electron chi connectivity index (χ2n) is 4.77. The summed E-state index contributed by atoms with van der Waals surface area (Å²) < 4.78 is 5.15. The number of amides is 1. The summed E-state index contributed by atoms with van der Waals surface area (Å²) in [4.78, 5) is 15.7. The molecule has 0 unspecified atom stereocenters. The van der Waals surface area contributed by atoms with E-state index < -0.39 is 11.7 Å². The number of aryl methyl sites for hydroxylation is 1. The van der Waals surface area contributed by atoms with Crippen LogP contribution in [0.25, 0.3) is 0 Å². The molecule has 1 aromatic rings. The van der Waals surface area contributed by atoms with Crippen LogP contribution in [-0.4, -0.2) is 16.7 Å². The fraction of sp³-hybridized carbons (Fsp3) is 0.500. The maximum Gasteiger partial charge on any atom is 0.413 e. The summed E-state index contributed by atoms with van der Waals surface area (Å²) >= 11 is 3.35. The third-order valence-electron chi connectivity index (χ3n) is 1.91. The molecule has 0 radical (unpaired) electrons. The number of hydrogen-bond acceptors (Lipinski definition) is 3. The molecule has 5 heteroatoms. The lowest BCUT2D eigenvalue weighted by molar-refractivity contribution is 0.0635. The molecule has 0 spiro atoms. The molecule has 0 aliphatic rings. The van der Waals surface area contributed by atoms with E-state index in [1.807, 2.05) is 33.8 Å². The molecule has 0 atom stereocenters. The Balaban J connectivity index is 2.72. The van der Waals surface area contributed by atoms with Crippen molar-refractivity contribution in [3.63, 3.8) is 0 Å². The van der Waals surface area contributed by atoms with E-state index in [0.717, 1.165) is 16.5 Å². The maximum atomic E-state index is 11.6. The average Bonchev–Trinajstić information content (AvgIpc) is 2.18. The molecule has 1 aromatic heterocycles. The van der Waals surface area contributed by atoms with E-state index >= 15 is 0 Å². The summed E-state index contributed by atoms with van der Waals surface area (Å²) in [5.74, 6) is 0.531. The normalized spacial score (nSPS) is 11.1. The summed E-state index contributed by atoms with van der Waals surface area (Å²) in [5.41, 5.74) is 1.47. The Morgan fingerprint density at radius 2 is 2.18 bits per heavy atom. The van der Waals surface area contributed by atoms with E-state index in [0.29, 0.717) is 5.82 Å². The molecular formula is C12H17BrN2O2. The van der Waals surface area contributed by atoms with Crippen molar-refractivity contribution < 1.29 is 9.53 Å². The monoisotopic (exact) mass is 300 g/mol. The molecule has 17 heavy (non-hydrogen) atoms. The van der Waals surface area contributed by atoms with Gasteiger partial charge in [-0.15, -0.1) is 0 Å². The molecule has 0 saturated heterocycles. The van der Waals surface area contributed by atoms with Gasteiger partial charge in [0.25, 0.3) is 0 Å². The van der Waals surface area contributed by atoms with Crippen LogP contribution in [0, 0.1) is 6.92 Å². The first-order valence-electron chi connectivity index (χ1n) is 5.33. The topological polar surface area (TPSA) is 51.2 Å². The van der Waals surface area contributed by atoms with Crippen LogP contribution in [0.3, 0.4) is 0 Å². The number of hydrogen-bond donors (Lipinski definition) is 1. The number of aromatic nitrogens is 1. The lowest BCUT2D eigenvalue weighted by atomic mass is 10.2. The molecule has 94 valence electrons. The van der Waals surface area contributed by atoms with Gasteiger partial charge in [-0.05, 0) is 38.8 Å². The van der Waals surface area contributed by atoms with E-state index in [-0.39, 0.29) is 0 Å². The van der Waals surface area contributed by atoms with Crippen LogP contribution >= 0.6 is 15.9 Å². The SMILES string of the molecule is Cc1cc(CBr)cnc1NC(=O)OC(C)(C)C. The van der Waals surface area contributed by atoms with Gasteiger partial charge in [0.1, 0.15) is 11.4 Å². The zero-order valence-corrected chi connectivity index (χ0v) is 12.1. The minimum atomic E-state index is -0.506. The highest BCUT2D eigenvalue weighted by molar-refractivity contribution is 9.08. The van der Waals surface area contributed by atoms with E-state index in [2.05, 4.69) is 26.2 Å². The van der Waals surface area contributed by atoms with Crippen molar-refractivity contribution in [2.45, 2.75) is 38.6 Å². The molecule has 0 saturated carbocycles. The Hall–Kier alpha value is -1.10. The number of nitrogens with one attached hydrogen (secondary N) is 1. The highest BCUT2D eigenvalue weighted by atomic mass is 79.9. The van der Waals surface area contributed by atoms with Crippen LogP contribution in [0.15, 0.2) is 12.3 Å². The lowest BCUT2D eigenvalue weighted by Gasteiger charge is -2.19. The number of nitrogens with zero attached hydrogens (tertiary/aromatic N) is 1. The van der Waals surface area contributed by atoms with Gasteiger partial charge in [0.2, 0.25) is 0 Å². The number of pyridine rings is 1. The van der Waals surface area contributed by atoms with Crippen molar-refractivity contribution in [1.82, 2.24) is 4.98 Å². The standard InChI is InChI=1S/C12H17BrN2O2/c1-8-5-9(6-13)7-14-10(8)15-11(16)17-12(2,3)4/h5,7H,6H2,1-4H3,(H,14,15,16). The van der Waals surface area contributed by atoms with Gasteiger partial charge in [-0.3, -0.25) is 5.32 Å². The van der Waals surface area contributed by atoms with Gasteiger partial charge in [0.15, 0.2) is 0 Å². The predicted octanol–water partition coefficient (Wildman–Crippen LogP) is 3.63. The van der Waals surface area contributed by atoms with Crippen LogP contribution in [0.2, 0.25) is 0 Å². The molecule has 0 aliphatic carbocycles. The zero-order valence-electron chi connectivity index (χ0n) is 10.5. The second-order valence-corrected chi connectivity index (χ2v) is 5.33. The molecule has 1 N–H and O–H groups in total. The Bertz CT molecular complexity index is 413. The summed E-state index contributed by atoms with van der Waals surface area (Å²) in [6.45, 7) is 7.36. The number of carbonyl (C=O) groups is 1. The van der Waals surface area contributed by atoms with Crippen LogP contribution in [0.4, 0.5) is 10.6 Å². The number of halogens is 1. The molecule has 0 aromatic carbocycles. The van der Waals surface area contributed by atoms with Crippen LogP contribution in [-0.2, 0) is 10.1 Å². The third-order valence-corrected chi connectivity index (χ3v) is 2.56. The van der Waals surface area contributed by atoms with Gasteiger partial charge >= 0.3 is 6.09 Å². The Labute approximate surface area is 110 Å². The minimum Gasteiger partial charge on any atom is -0.444 e. The quantitative estimate of drug-likeness (QED) is 0.849. The smallest absolute Gasteiger partial charge is 0.413 e. The summed E-state index contributed by atoms with van der Waals surface area (Å²) in [6.07, 6.45) is 1.23. The molecule has 0 fully saturated rings. The van der Waals surface area contributed by atoms with E-state index in [1.165, 1.54) is 0 Å². The van der Waals surface area contributed by atoms with E-state index in [1.54, 1.807) is 6.20 Å². The second kappa shape index (κ2) is 5.49. The molecule has 0 aliphatic heterocycles. The van der Waals surface area contributed by atoms with Crippen LogP contribution in [0.5, 0.6) is 0 Å².